The van der Waals surface area contributed by atoms with Gasteiger partial charge in [0.1, 0.15) is 10.8 Å². The van der Waals surface area contributed by atoms with Crippen LogP contribution < -0.4 is 10.2 Å². The summed E-state index contributed by atoms with van der Waals surface area (Å²) in [6, 6.07) is 0.519. The Morgan fingerprint density at radius 3 is 2.84 bits per heavy atom. The Bertz CT molecular complexity index is 447. The number of nitrogens with one attached hydrogen (secondary N) is 1. The minimum Gasteiger partial charge on any atom is -0.369 e. The molecule has 106 valence electrons. The molecule has 1 fully saturated rings. The average Bonchev–Trinajstić information content (AvgIpc) is 2.72. The number of rotatable bonds is 4. The molecule has 5 heteroatoms. The van der Waals surface area contributed by atoms with Gasteiger partial charge in [0, 0.05) is 19.6 Å². The van der Waals surface area contributed by atoms with Crippen LogP contribution in [0.15, 0.2) is 6.20 Å². The number of nitrogens with zero attached hydrogens (tertiary/aromatic N) is 3. The first-order valence-electron chi connectivity index (χ1n) is 6.92. The van der Waals surface area contributed by atoms with Crippen molar-refractivity contribution in [2.24, 2.45) is 5.41 Å². The van der Waals surface area contributed by atoms with Crippen molar-refractivity contribution in [1.82, 2.24) is 9.97 Å². The second-order valence-electron chi connectivity index (χ2n) is 6.07. The van der Waals surface area contributed by atoms with Crippen molar-refractivity contribution in [3.8, 4) is 0 Å². The van der Waals surface area contributed by atoms with Crippen LogP contribution in [0.3, 0.4) is 0 Å². The third kappa shape index (κ3) is 3.30. The highest BCUT2D eigenvalue weighted by Crippen LogP contribution is 2.39. The standard InChI is InChI=1S/C14H23ClN4/c1-5-16-12-11(15)9-17-13(18-12)19(4)10-6-7-14(2,3)8-10/h9-10H,5-8H2,1-4H3,(H,16,17,18). The van der Waals surface area contributed by atoms with Gasteiger partial charge < -0.3 is 10.2 Å². The first-order chi connectivity index (χ1) is 8.93. The molecule has 0 saturated heterocycles. The summed E-state index contributed by atoms with van der Waals surface area (Å²) >= 11 is 6.08. The molecule has 1 aliphatic carbocycles. The minimum absolute atomic E-state index is 0.426. The average molecular weight is 283 g/mol. The summed E-state index contributed by atoms with van der Waals surface area (Å²) in [7, 11) is 2.07. The van der Waals surface area contributed by atoms with Crippen molar-refractivity contribution < 1.29 is 0 Å². The molecule has 0 bridgehead atoms. The number of anilines is 2. The van der Waals surface area contributed by atoms with Gasteiger partial charge in [-0.1, -0.05) is 25.4 Å². The molecule has 0 radical (unpaired) electrons. The van der Waals surface area contributed by atoms with Gasteiger partial charge in [-0.3, -0.25) is 0 Å². The minimum atomic E-state index is 0.426. The molecule has 4 nitrogen and oxygen atoms in total. The number of hydrogen-bond donors (Lipinski definition) is 1. The summed E-state index contributed by atoms with van der Waals surface area (Å²) in [6.07, 6.45) is 5.33. The normalized spacial score (nSPS) is 21.4. The zero-order valence-electron chi connectivity index (χ0n) is 12.2. The van der Waals surface area contributed by atoms with Gasteiger partial charge in [0.05, 0.1) is 6.20 Å². The van der Waals surface area contributed by atoms with Gasteiger partial charge in [-0.05, 0) is 31.6 Å². The molecule has 0 amide bonds. The summed E-state index contributed by atoms with van der Waals surface area (Å²) in [5.41, 5.74) is 0.426. The summed E-state index contributed by atoms with van der Waals surface area (Å²) in [4.78, 5) is 11.1. The van der Waals surface area contributed by atoms with Crippen LogP contribution in [-0.2, 0) is 0 Å². The highest BCUT2D eigenvalue weighted by Gasteiger charge is 2.34. The van der Waals surface area contributed by atoms with E-state index in [0.717, 1.165) is 18.3 Å². The van der Waals surface area contributed by atoms with Crippen LogP contribution in [0, 0.1) is 5.41 Å². The molecule has 1 saturated carbocycles. The van der Waals surface area contributed by atoms with Gasteiger partial charge in [-0.2, -0.15) is 4.98 Å². The predicted molar refractivity (Wildman–Crippen MR) is 81.0 cm³/mol. The van der Waals surface area contributed by atoms with E-state index in [1.165, 1.54) is 19.3 Å². The topological polar surface area (TPSA) is 41.1 Å². The smallest absolute Gasteiger partial charge is 0.227 e. The van der Waals surface area contributed by atoms with Gasteiger partial charge in [-0.25, -0.2) is 4.98 Å². The molecule has 1 heterocycles. The fourth-order valence-corrected chi connectivity index (χ4v) is 2.87. The monoisotopic (exact) mass is 282 g/mol. The third-order valence-electron chi connectivity index (χ3n) is 3.88. The molecule has 2 rings (SSSR count). The van der Waals surface area contributed by atoms with Crippen LogP contribution in [0.4, 0.5) is 11.8 Å². The molecule has 1 aromatic heterocycles. The van der Waals surface area contributed by atoms with Crippen molar-refractivity contribution in [1.29, 1.82) is 0 Å². The summed E-state index contributed by atoms with van der Waals surface area (Å²) in [5, 5.41) is 3.74. The maximum atomic E-state index is 6.08. The Balaban J connectivity index is 2.15. The number of halogens is 1. The van der Waals surface area contributed by atoms with E-state index in [0.29, 0.717) is 16.5 Å². The van der Waals surface area contributed by atoms with Crippen molar-refractivity contribution in [2.45, 2.75) is 46.1 Å². The van der Waals surface area contributed by atoms with E-state index in [4.69, 9.17) is 11.6 Å². The first-order valence-corrected chi connectivity index (χ1v) is 7.30. The van der Waals surface area contributed by atoms with Crippen molar-refractivity contribution >= 4 is 23.4 Å². The Kier molecular flexibility index (Phi) is 4.19. The zero-order chi connectivity index (χ0) is 14.0. The van der Waals surface area contributed by atoms with Gasteiger partial charge in [0.15, 0.2) is 0 Å². The van der Waals surface area contributed by atoms with Crippen LogP contribution in [0.2, 0.25) is 5.02 Å². The maximum absolute atomic E-state index is 6.08. The van der Waals surface area contributed by atoms with Gasteiger partial charge in [0.25, 0.3) is 0 Å². The van der Waals surface area contributed by atoms with Gasteiger partial charge >= 0.3 is 0 Å². The fourth-order valence-electron chi connectivity index (χ4n) is 2.71. The molecular weight excluding hydrogens is 260 g/mol. The maximum Gasteiger partial charge on any atom is 0.227 e. The Labute approximate surface area is 120 Å². The Morgan fingerprint density at radius 2 is 2.26 bits per heavy atom. The Hall–Kier alpha value is -1.03. The molecule has 0 spiro atoms. The molecule has 19 heavy (non-hydrogen) atoms. The summed E-state index contributed by atoms with van der Waals surface area (Å²) < 4.78 is 0. The second kappa shape index (κ2) is 5.53. The molecule has 0 aliphatic heterocycles. The SMILES string of the molecule is CCNc1nc(N(C)C2CCC(C)(C)C2)ncc1Cl. The summed E-state index contributed by atoms with van der Waals surface area (Å²) in [6.45, 7) is 7.49. The quantitative estimate of drug-likeness (QED) is 0.916. The highest BCUT2D eigenvalue weighted by molar-refractivity contribution is 6.32. The van der Waals surface area contributed by atoms with Crippen molar-refractivity contribution in [3.05, 3.63) is 11.2 Å². The van der Waals surface area contributed by atoms with E-state index in [1.807, 2.05) is 6.92 Å². The highest BCUT2D eigenvalue weighted by atomic mass is 35.5. The largest absolute Gasteiger partial charge is 0.369 e. The van der Waals surface area contributed by atoms with Crippen molar-refractivity contribution in [2.75, 3.05) is 23.8 Å². The molecule has 1 unspecified atom stereocenters. The zero-order valence-corrected chi connectivity index (χ0v) is 13.0. The van der Waals surface area contributed by atoms with Crippen LogP contribution in [0.5, 0.6) is 0 Å². The fraction of sp³-hybridized carbons (Fsp3) is 0.714. The lowest BCUT2D eigenvalue weighted by molar-refractivity contribution is 0.374. The molecule has 1 atom stereocenters. The number of aromatic nitrogens is 2. The summed E-state index contributed by atoms with van der Waals surface area (Å²) in [5.74, 6) is 1.47. The molecule has 0 aromatic carbocycles. The van der Waals surface area contributed by atoms with E-state index in [2.05, 4.69) is 41.1 Å². The third-order valence-corrected chi connectivity index (χ3v) is 4.16. The van der Waals surface area contributed by atoms with E-state index in [-0.39, 0.29) is 0 Å². The van der Waals surface area contributed by atoms with Crippen molar-refractivity contribution in [3.63, 3.8) is 0 Å². The van der Waals surface area contributed by atoms with E-state index in [1.54, 1.807) is 6.20 Å². The number of hydrogen-bond acceptors (Lipinski definition) is 4. The molecule has 1 aliphatic rings. The van der Waals surface area contributed by atoms with Crippen LogP contribution in [0.1, 0.15) is 40.0 Å². The van der Waals surface area contributed by atoms with Crippen LogP contribution in [-0.4, -0.2) is 29.6 Å². The van der Waals surface area contributed by atoms with E-state index >= 15 is 0 Å². The molecule has 1 aromatic rings. The molecular formula is C14H23ClN4. The van der Waals surface area contributed by atoms with Gasteiger partial charge in [0.2, 0.25) is 5.95 Å². The van der Waals surface area contributed by atoms with E-state index in [9.17, 15) is 0 Å². The Morgan fingerprint density at radius 1 is 1.53 bits per heavy atom. The van der Waals surface area contributed by atoms with Crippen LogP contribution >= 0.6 is 11.6 Å². The lowest BCUT2D eigenvalue weighted by Crippen LogP contribution is -2.31. The van der Waals surface area contributed by atoms with Gasteiger partial charge in [-0.15, -0.1) is 0 Å². The lowest BCUT2D eigenvalue weighted by Gasteiger charge is -2.26. The first kappa shape index (κ1) is 14.4. The second-order valence-corrected chi connectivity index (χ2v) is 6.48. The van der Waals surface area contributed by atoms with Crippen LogP contribution in [0.25, 0.3) is 0 Å². The molecule has 1 N–H and O–H groups in total. The predicted octanol–water partition coefficient (Wildman–Crippen LogP) is 3.58. The lowest BCUT2D eigenvalue weighted by atomic mass is 9.92. The van der Waals surface area contributed by atoms with E-state index < -0.39 is 0 Å².